The van der Waals surface area contributed by atoms with Gasteiger partial charge >= 0.3 is 5.97 Å². The van der Waals surface area contributed by atoms with Crippen LogP contribution in [0.4, 0.5) is 5.82 Å². The van der Waals surface area contributed by atoms with Crippen molar-refractivity contribution in [2.45, 2.75) is 25.7 Å². The van der Waals surface area contributed by atoms with E-state index in [2.05, 4.69) is 16.4 Å². The zero-order valence-corrected chi connectivity index (χ0v) is 11.8. The molecule has 1 aliphatic carbocycles. The maximum Gasteiger partial charge on any atom is 0.337 e. The van der Waals surface area contributed by atoms with Gasteiger partial charge in [-0.05, 0) is 25.7 Å². The SMILES string of the molecule is O=C(O)c1cnc(NCCC2=CCCC2)c2ccccc12. The lowest BCUT2D eigenvalue weighted by atomic mass is 10.1. The lowest BCUT2D eigenvalue weighted by molar-refractivity contribution is 0.0698. The first-order valence-electron chi connectivity index (χ1n) is 7.28. The Hall–Kier alpha value is -2.36. The molecule has 0 aliphatic heterocycles. The number of fused-ring (bicyclic) bond motifs is 1. The third kappa shape index (κ3) is 2.89. The van der Waals surface area contributed by atoms with Gasteiger partial charge in [-0.2, -0.15) is 0 Å². The van der Waals surface area contributed by atoms with Crippen LogP contribution < -0.4 is 5.32 Å². The number of aromatic nitrogens is 1. The van der Waals surface area contributed by atoms with Gasteiger partial charge < -0.3 is 10.4 Å². The number of benzene rings is 1. The number of aromatic carboxylic acids is 1. The quantitative estimate of drug-likeness (QED) is 0.818. The highest BCUT2D eigenvalue weighted by atomic mass is 16.4. The van der Waals surface area contributed by atoms with Gasteiger partial charge in [0.25, 0.3) is 0 Å². The summed E-state index contributed by atoms with van der Waals surface area (Å²) >= 11 is 0. The topological polar surface area (TPSA) is 62.2 Å². The van der Waals surface area contributed by atoms with Crippen molar-refractivity contribution in [1.82, 2.24) is 4.98 Å². The Morgan fingerprint density at radius 2 is 2.10 bits per heavy atom. The van der Waals surface area contributed by atoms with Crippen molar-refractivity contribution in [3.05, 3.63) is 47.7 Å². The molecule has 21 heavy (non-hydrogen) atoms. The second-order valence-corrected chi connectivity index (χ2v) is 5.30. The van der Waals surface area contributed by atoms with Crippen molar-refractivity contribution in [3.8, 4) is 0 Å². The molecule has 108 valence electrons. The lowest BCUT2D eigenvalue weighted by Crippen LogP contribution is -2.07. The summed E-state index contributed by atoms with van der Waals surface area (Å²) < 4.78 is 0. The van der Waals surface area contributed by atoms with E-state index in [9.17, 15) is 9.90 Å². The van der Waals surface area contributed by atoms with E-state index >= 15 is 0 Å². The van der Waals surface area contributed by atoms with Gasteiger partial charge in [0.2, 0.25) is 0 Å². The maximum atomic E-state index is 11.2. The van der Waals surface area contributed by atoms with Gasteiger partial charge in [-0.15, -0.1) is 0 Å². The number of carbonyl (C=O) groups is 1. The fourth-order valence-corrected chi connectivity index (χ4v) is 2.81. The number of pyridine rings is 1. The molecule has 1 aromatic heterocycles. The second kappa shape index (κ2) is 5.95. The minimum atomic E-state index is -0.943. The monoisotopic (exact) mass is 282 g/mol. The Morgan fingerprint density at radius 3 is 2.81 bits per heavy atom. The third-order valence-corrected chi connectivity index (χ3v) is 3.90. The Kier molecular flexibility index (Phi) is 3.86. The molecule has 0 radical (unpaired) electrons. The molecule has 3 rings (SSSR count). The maximum absolute atomic E-state index is 11.2. The molecule has 0 bridgehead atoms. The first-order valence-corrected chi connectivity index (χ1v) is 7.28. The summed E-state index contributed by atoms with van der Waals surface area (Å²) in [5, 5.41) is 14.1. The molecule has 4 nitrogen and oxygen atoms in total. The number of carboxylic acids is 1. The lowest BCUT2D eigenvalue weighted by Gasteiger charge is -2.10. The van der Waals surface area contributed by atoms with Crippen molar-refractivity contribution in [1.29, 1.82) is 0 Å². The summed E-state index contributed by atoms with van der Waals surface area (Å²) in [4.78, 5) is 15.5. The van der Waals surface area contributed by atoms with Gasteiger partial charge in [0.15, 0.2) is 0 Å². The molecule has 0 amide bonds. The fourth-order valence-electron chi connectivity index (χ4n) is 2.81. The number of rotatable bonds is 5. The van der Waals surface area contributed by atoms with Crippen molar-refractivity contribution < 1.29 is 9.90 Å². The highest BCUT2D eigenvalue weighted by Crippen LogP contribution is 2.25. The zero-order chi connectivity index (χ0) is 14.7. The van der Waals surface area contributed by atoms with Gasteiger partial charge in [0, 0.05) is 23.5 Å². The molecule has 2 N–H and O–H groups in total. The van der Waals surface area contributed by atoms with Crippen molar-refractivity contribution in [3.63, 3.8) is 0 Å². The van der Waals surface area contributed by atoms with Crippen LogP contribution in [0.25, 0.3) is 10.8 Å². The molecule has 1 heterocycles. The second-order valence-electron chi connectivity index (χ2n) is 5.30. The average molecular weight is 282 g/mol. The highest BCUT2D eigenvalue weighted by Gasteiger charge is 2.12. The van der Waals surface area contributed by atoms with Crippen LogP contribution in [0.15, 0.2) is 42.1 Å². The van der Waals surface area contributed by atoms with E-state index in [0.29, 0.717) is 0 Å². The number of allylic oxidation sites excluding steroid dienone is 1. The van der Waals surface area contributed by atoms with Crippen molar-refractivity contribution >= 4 is 22.6 Å². The van der Waals surface area contributed by atoms with Crippen LogP contribution in [0, 0.1) is 0 Å². The molecular weight excluding hydrogens is 264 g/mol. The summed E-state index contributed by atoms with van der Waals surface area (Å²) in [5.41, 5.74) is 1.75. The average Bonchev–Trinajstić information content (AvgIpc) is 3.00. The van der Waals surface area contributed by atoms with Crippen LogP contribution in [-0.2, 0) is 0 Å². The summed E-state index contributed by atoms with van der Waals surface area (Å²) in [6.45, 7) is 0.829. The van der Waals surface area contributed by atoms with Crippen LogP contribution in [-0.4, -0.2) is 22.6 Å². The van der Waals surface area contributed by atoms with Gasteiger partial charge in [-0.25, -0.2) is 9.78 Å². The van der Waals surface area contributed by atoms with Gasteiger partial charge in [0.1, 0.15) is 5.82 Å². The minimum Gasteiger partial charge on any atom is -0.478 e. The van der Waals surface area contributed by atoms with E-state index in [1.807, 2.05) is 24.3 Å². The molecule has 0 atom stereocenters. The predicted octanol–water partition coefficient (Wildman–Crippen LogP) is 3.85. The fraction of sp³-hybridized carbons (Fsp3) is 0.294. The number of hydrogen-bond acceptors (Lipinski definition) is 3. The number of anilines is 1. The van der Waals surface area contributed by atoms with Crippen LogP contribution in [0.3, 0.4) is 0 Å². The van der Waals surface area contributed by atoms with Gasteiger partial charge in [0.05, 0.1) is 5.56 Å². The molecular formula is C17H18N2O2. The molecule has 0 fully saturated rings. The van der Waals surface area contributed by atoms with Crippen LogP contribution in [0.5, 0.6) is 0 Å². The third-order valence-electron chi connectivity index (χ3n) is 3.90. The highest BCUT2D eigenvalue weighted by molar-refractivity contribution is 6.06. The van der Waals surface area contributed by atoms with Crippen molar-refractivity contribution in [2.75, 3.05) is 11.9 Å². The number of carboxylic acid groups (broad SMARTS) is 1. The van der Waals surface area contributed by atoms with E-state index in [0.717, 1.165) is 29.6 Å². The number of nitrogens with zero attached hydrogens (tertiary/aromatic N) is 1. The van der Waals surface area contributed by atoms with E-state index in [-0.39, 0.29) is 5.56 Å². The molecule has 0 saturated heterocycles. The van der Waals surface area contributed by atoms with Crippen LogP contribution in [0.1, 0.15) is 36.0 Å². The Bertz CT molecular complexity index is 707. The Balaban J connectivity index is 1.82. The summed E-state index contributed by atoms with van der Waals surface area (Å²) in [7, 11) is 0. The molecule has 4 heteroatoms. The van der Waals surface area contributed by atoms with E-state index in [4.69, 9.17) is 0 Å². The predicted molar refractivity (Wildman–Crippen MR) is 83.7 cm³/mol. The normalized spacial score (nSPS) is 14.2. The van der Waals surface area contributed by atoms with E-state index < -0.39 is 5.97 Å². The van der Waals surface area contributed by atoms with Crippen LogP contribution >= 0.6 is 0 Å². The Morgan fingerprint density at radius 1 is 1.29 bits per heavy atom. The largest absolute Gasteiger partial charge is 0.478 e. The smallest absolute Gasteiger partial charge is 0.337 e. The molecule has 0 spiro atoms. The summed E-state index contributed by atoms with van der Waals surface area (Å²) in [6, 6.07) is 7.49. The van der Waals surface area contributed by atoms with Crippen LogP contribution in [0.2, 0.25) is 0 Å². The standard InChI is InChI=1S/C17H18N2O2/c20-17(21)15-11-19-16(14-8-4-3-7-13(14)15)18-10-9-12-5-1-2-6-12/h3-5,7-8,11H,1-2,6,9-10H2,(H,18,19)(H,20,21). The first kappa shape index (κ1) is 13.6. The molecule has 1 aromatic carbocycles. The molecule has 1 aliphatic rings. The summed E-state index contributed by atoms with van der Waals surface area (Å²) in [5.74, 6) is -0.185. The first-order chi connectivity index (χ1) is 10.3. The van der Waals surface area contributed by atoms with Gasteiger partial charge in [-0.1, -0.05) is 35.9 Å². The molecule has 2 aromatic rings. The number of nitrogens with one attached hydrogen (secondary N) is 1. The minimum absolute atomic E-state index is 0.245. The van der Waals surface area contributed by atoms with E-state index in [1.165, 1.54) is 31.0 Å². The molecule has 0 saturated carbocycles. The summed E-state index contributed by atoms with van der Waals surface area (Å²) in [6.07, 6.45) is 8.45. The number of hydrogen-bond donors (Lipinski definition) is 2. The molecule has 0 unspecified atom stereocenters. The Labute approximate surface area is 123 Å². The van der Waals surface area contributed by atoms with Gasteiger partial charge in [-0.3, -0.25) is 0 Å². The van der Waals surface area contributed by atoms with E-state index in [1.54, 1.807) is 0 Å². The zero-order valence-electron chi connectivity index (χ0n) is 11.8. The van der Waals surface area contributed by atoms with Crippen molar-refractivity contribution in [2.24, 2.45) is 0 Å².